The molecule has 0 amide bonds. The lowest BCUT2D eigenvalue weighted by Crippen LogP contribution is -1.87. The van der Waals surface area contributed by atoms with E-state index in [0.717, 1.165) is 10.9 Å². The van der Waals surface area contributed by atoms with Crippen LogP contribution >= 0.6 is 0 Å². The van der Waals surface area contributed by atoms with Crippen LogP contribution in [0.15, 0.2) is 30.5 Å². The van der Waals surface area contributed by atoms with Crippen LogP contribution in [0.2, 0.25) is 0 Å². The molecule has 0 unspecified atom stereocenters. The van der Waals surface area contributed by atoms with Gasteiger partial charge in [-0.15, -0.1) is 0 Å². The van der Waals surface area contributed by atoms with Crippen molar-refractivity contribution in [1.29, 1.82) is 0 Å². The minimum Gasteiger partial charge on any atom is -0.244 e. The molecule has 0 N–H and O–H groups in total. The van der Waals surface area contributed by atoms with Gasteiger partial charge in [-0.25, -0.2) is 15.9 Å². The van der Waals surface area contributed by atoms with E-state index in [4.69, 9.17) is 0 Å². The summed E-state index contributed by atoms with van der Waals surface area (Å²) in [4.78, 5) is 0. The predicted molar refractivity (Wildman–Crippen MR) is 47.0 cm³/mol. The van der Waals surface area contributed by atoms with Gasteiger partial charge in [0.2, 0.25) is 0 Å². The van der Waals surface area contributed by atoms with Crippen molar-refractivity contribution in [3.8, 4) is 0 Å². The van der Waals surface area contributed by atoms with E-state index in [1.54, 1.807) is 12.6 Å². The smallest absolute Gasteiger partial charge is 0.154 e. The fourth-order valence-corrected chi connectivity index (χ4v) is 1.29. The monoisotopic (exact) mass is 161 g/mol. The van der Waals surface area contributed by atoms with Gasteiger partial charge in [-0.3, -0.25) is 0 Å². The lowest BCUT2D eigenvalue weighted by atomic mass is 10.2. The van der Waals surface area contributed by atoms with Gasteiger partial charge in [0.15, 0.2) is 5.52 Å². The molecule has 0 atom stereocenters. The van der Waals surface area contributed by atoms with Crippen molar-refractivity contribution in [2.75, 3.05) is 0 Å². The van der Waals surface area contributed by atoms with Crippen LogP contribution in [0.3, 0.4) is 0 Å². The van der Waals surface area contributed by atoms with Crippen molar-refractivity contribution in [3.63, 3.8) is 0 Å². The first kappa shape index (κ1) is 7.22. The van der Waals surface area contributed by atoms with Crippen molar-refractivity contribution in [3.05, 3.63) is 49.7 Å². The highest BCUT2D eigenvalue weighted by atomic mass is 19.1. The summed E-state index contributed by atoms with van der Waals surface area (Å²) in [5.74, 6) is -0.204. The van der Waals surface area contributed by atoms with Crippen LogP contribution in [0, 0.1) is 19.3 Å². The summed E-state index contributed by atoms with van der Waals surface area (Å²) < 4.78 is 14.6. The van der Waals surface area contributed by atoms with Gasteiger partial charge in [-0.1, -0.05) is 6.54 Å². The number of hydrogen-bond donors (Lipinski definition) is 0. The highest BCUT2D eigenvalue weighted by Crippen LogP contribution is 2.16. The largest absolute Gasteiger partial charge is 0.244 e. The van der Waals surface area contributed by atoms with Gasteiger partial charge in [0, 0.05) is 12.1 Å². The topological polar surface area (TPSA) is 4.93 Å². The first-order valence-electron chi connectivity index (χ1n) is 3.70. The lowest BCUT2D eigenvalue weighted by Gasteiger charge is -1.93. The van der Waals surface area contributed by atoms with Crippen LogP contribution in [0.4, 0.5) is 4.39 Å². The Labute approximate surface area is 70.4 Å². The maximum Gasteiger partial charge on any atom is 0.154 e. The number of nitrogens with zero attached hydrogens (tertiary/aromatic N) is 1. The van der Waals surface area contributed by atoms with Crippen molar-refractivity contribution in [2.45, 2.75) is 0 Å². The van der Waals surface area contributed by atoms with Crippen LogP contribution in [-0.4, -0.2) is 4.57 Å². The molecule has 2 aromatic rings. The zero-order valence-corrected chi connectivity index (χ0v) is 6.50. The quantitative estimate of drug-likeness (QED) is 0.566. The summed E-state index contributed by atoms with van der Waals surface area (Å²) in [6.07, 6.45) is 1.86. The summed E-state index contributed by atoms with van der Waals surface area (Å²) in [6, 6.07) is 6.56. The minimum absolute atomic E-state index is 0.204. The van der Waals surface area contributed by atoms with Gasteiger partial charge < -0.3 is 0 Å². The number of hydrogen-bond acceptors (Lipinski definition) is 0. The molecule has 0 aliphatic carbocycles. The second-order valence-electron chi connectivity index (χ2n) is 2.61. The van der Waals surface area contributed by atoms with Gasteiger partial charge in [-0.05, 0) is 12.1 Å². The molecule has 0 saturated carbocycles. The molecule has 12 heavy (non-hydrogen) atoms. The van der Waals surface area contributed by atoms with Crippen LogP contribution in [-0.2, 0) is 0 Å². The number of aromatic nitrogens is 1. The predicted octanol–water partition coefficient (Wildman–Crippen LogP) is 2.62. The molecular weight excluding hydrogens is 153 g/mol. The van der Waals surface area contributed by atoms with Gasteiger partial charge in [0.05, 0.1) is 5.39 Å². The van der Waals surface area contributed by atoms with Crippen LogP contribution < -0.4 is 0 Å². The third kappa shape index (κ3) is 0.961. The van der Waals surface area contributed by atoms with Gasteiger partial charge in [0.1, 0.15) is 12.0 Å². The van der Waals surface area contributed by atoms with E-state index >= 15 is 0 Å². The van der Waals surface area contributed by atoms with Crippen LogP contribution in [0.25, 0.3) is 10.9 Å². The van der Waals surface area contributed by atoms with E-state index in [-0.39, 0.29) is 5.82 Å². The van der Waals surface area contributed by atoms with Gasteiger partial charge in [-0.2, -0.15) is 0 Å². The minimum atomic E-state index is -0.204. The van der Waals surface area contributed by atoms with E-state index in [1.165, 1.54) is 12.1 Å². The molecular formula is C10H8FN. The Morgan fingerprint density at radius 1 is 1.33 bits per heavy atom. The highest BCUT2D eigenvalue weighted by molar-refractivity contribution is 5.80. The summed E-state index contributed by atoms with van der Waals surface area (Å²) in [6.45, 7) is 5.34. The zero-order chi connectivity index (χ0) is 8.55. The number of fused-ring (bicyclic) bond motifs is 1. The maximum absolute atomic E-state index is 12.7. The molecule has 1 aromatic heterocycles. The Morgan fingerprint density at radius 2 is 2.17 bits per heavy atom. The van der Waals surface area contributed by atoms with Crippen molar-refractivity contribution in [1.82, 2.24) is 4.57 Å². The Morgan fingerprint density at radius 3 is 2.92 bits per heavy atom. The molecule has 0 radical (unpaired) electrons. The number of rotatable bonds is 1. The van der Waals surface area contributed by atoms with Gasteiger partial charge >= 0.3 is 0 Å². The molecule has 1 heterocycles. The molecule has 2 rings (SSSR count). The van der Waals surface area contributed by atoms with E-state index in [0.29, 0.717) is 0 Å². The molecule has 2 heteroatoms. The van der Waals surface area contributed by atoms with Crippen molar-refractivity contribution < 1.29 is 4.39 Å². The summed E-state index contributed by atoms with van der Waals surface area (Å²) in [5, 5.41) is 0.898. The van der Waals surface area contributed by atoms with Crippen molar-refractivity contribution in [2.24, 2.45) is 0 Å². The maximum atomic E-state index is 12.7. The fourth-order valence-electron chi connectivity index (χ4n) is 1.29. The summed E-state index contributed by atoms with van der Waals surface area (Å²) in [7, 11) is 0. The molecule has 0 bridgehead atoms. The molecule has 0 aliphatic rings. The second kappa shape index (κ2) is 2.55. The highest BCUT2D eigenvalue weighted by Gasteiger charge is 2.05. The number of halogens is 1. The molecule has 0 saturated heterocycles. The average molecular weight is 161 g/mol. The summed E-state index contributed by atoms with van der Waals surface area (Å²) >= 11 is 0. The third-order valence-electron chi connectivity index (χ3n) is 1.88. The van der Waals surface area contributed by atoms with Crippen molar-refractivity contribution >= 4 is 10.9 Å². The zero-order valence-electron chi connectivity index (χ0n) is 6.50. The Balaban J connectivity index is 2.73. The van der Waals surface area contributed by atoms with Gasteiger partial charge in [0.25, 0.3) is 0 Å². The molecule has 0 fully saturated rings. The molecule has 1 nitrogen and oxygen atoms in total. The van der Waals surface area contributed by atoms with E-state index in [9.17, 15) is 4.39 Å². The molecule has 60 valence electrons. The second-order valence-corrected chi connectivity index (χ2v) is 2.61. The Hall–Kier alpha value is -1.44. The van der Waals surface area contributed by atoms with Crippen LogP contribution in [0.5, 0.6) is 0 Å². The standard InChI is InChI=1S/C10H8FN/c1-2-12-6-5-8-7-9(11)3-4-10(8)12/h2-7H,1H2. The SMILES string of the molecule is [CH2-][CH+]n1ccc2cc(F)ccc21. The lowest BCUT2D eigenvalue weighted by molar-refractivity contribution is 0.629. The first-order chi connectivity index (χ1) is 5.81. The molecule has 0 aliphatic heterocycles. The first-order valence-corrected chi connectivity index (χ1v) is 3.70. The molecule has 1 aromatic carbocycles. The van der Waals surface area contributed by atoms with E-state index in [2.05, 4.69) is 6.92 Å². The molecule has 0 spiro atoms. The fraction of sp³-hybridized carbons (Fsp3) is 0. The summed E-state index contributed by atoms with van der Waals surface area (Å²) in [5.41, 5.74) is 0.978. The third-order valence-corrected chi connectivity index (χ3v) is 1.88. The van der Waals surface area contributed by atoms with Crippen LogP contribution in [0.1, 0.15) is 0 Å². The van der Waals surface area contributed by atoms with E-state index < -0.39 is 0 Å². The average Bonchev–Trinajstić information content (AvgIpc) is 2.46. The Bertz CT molecular complexity index is 403. The number of benzene rings is 1. The normalized spacial score (nSPS) is 10.5. The van der Waals surface area contributed by atoms with E-state index in [1.807, 2.05) is 16.8 Å². The Kier molecular flexibility index (Phi) is 1.54.